The number of nitrogen functional groups attached to an aromatic ring is 2. The third-order valence-corrected chi connectivity index (χ3v) is 10.9. The summed E-state index contributed by atoms with van der Waals surface area (Å²) in [4.78, 5) is 47.3. The molecule has 7 aromatic rings. The second kappa shape index (κ2) is 18.4. The lowest BCUT2D eigenvalue weighted by Gasteiger charge is -2.20. The van der Waals surface area contributed by atoms with Crippen LogP contribution in [-0.2, 0) is 9.59 Å². The van der Waals surface area contributed by atoms with Gasteiger partial charge in [0.05, 0.1) is 41.8 Å². The van der Waals surface area contributed by atoms with Gasteiger partial charge in [-0.05, 0) is 73.9 Å². The molecular weight excluding hydrogens is 859 g/mol. The SMILES string of the molecule is Nc1nccc(-c2cnn(-c3ccc(C(CCC(=O)NC4CC4)C(F)(F)F)cn3)c2)c1N.O=C(CCC(c1ccc(-n2cc(-c3ccnc4nc[nH]c34)cn2)nc1)C(F)(F)F)NC1CC1. The van der Waals surface area contributed by atoms with Gasteiger partial charge < -0.3 is 27.1 Å². The monoisotopic (exact) mass is 900 g/mol. The molecule has 7 N–H and O–H groups in total. The molecule has 2 unspecified atom stereocenters. The molecule has 0 aliphatic heterocycles. The molecule has 9 rings (SSSR count). The van der Waals surface area contributed by atoms with Gasteiger partial charge in [0.25, 0.3) is 0 Å². The lowest BCUT2D eigenvalue weighted by atomic mass is 9.94. The normalized spacial score (nSPS) is 14.9. The summed E-state index contributed by atoms with van der Waals surface area (Å²) >= 11 is 0. The number of halogens is 6. The average Bonchev–Trinajstić information content (AvgIpc) is 4.06. The maximum atomic E-state index is 13.7. The molecule has 22 heteroatoms. The van der Waals surface area contributed by atoms with Gasteiger partial charge in [-0.15, -0.1) is 0 Å². The van der Waals surface area contributed by atoms with E-state index in [2.05, 4.69) is 50.7 Å². The summed E-state index contributed by atoms with van der Waals surface area (Å²) in [5.74, 6) is -3.32. The van der Waals surface area contributed by atoms with Gasteiger partial charge in [-0.2, -0.15) is 36.5 Å². The molecule has 0 radical (unpaired) electrons. The zero-order valence-corrected chi connectivity index (χ0v) is 34.4. The Morgan fingerprint density at radius 2 is 1.15 bits per heavy atom. The van der Waals surface area contributed by atoms with Gasteiger partial charge in [0, 0.05) is 84.4 Å². The van der Waals surface area contributed by atoms with E-state index in [9.17, 15) is 35.9 Å². The van der Waals surface area contributed by atoms with Gasteiger partial charge in [-0.3, -0.25) is 9.59 Å². The summed E-state index contributed by atoms with van der Waals surface area (Å²) in [6.45, 7) is 0. The van der Waals surface area contributed by atoms with Crippen LogP contribution in [0.25, 0.3) is 45.1 Å². The Labute approximate surface area is 366 Å². The summed E-state index contributed by atoms with van der Waals surface area (Å²) in [6, 6.07) is 9.46. The van der Waals surface area contributed by atoms with Gasteiger partial charge in [0.2, 0.25) is 11.8 Å². The summed E-state index contributed by atoms with van der Waals surface area (Å²) in [7, 11) is 0. The first-order valence-electron chi connectivity index (χ1n) is 20.6. The molecule has 2 atom stereocenters. The molecule has 7 heterocycles. The quantitative estimate of drug-likeness (QED) is 0.0692. The van der Waals surface area contributed by atoms with Crippen molar-refractivity contribution in [3.8, 4) is 33.9 Å². The molecule has 0 bridgehead atoms. The van der Waals surface area contributed by atoms with E-state index in [1.165, 1.54) is 52.2 Å². The Hall–Kier alpha value is -7.39. The number of alkyl halides is 6. The fourth-order valence-electron chi connectivity index (χ4n) is 7.13. The largest absolute Gasteiger partial charge is 0.395 e. The number of nitrogens with one attached hydrogen (secondary N) is 3. The second-order valence-electron chi connectivity index (χ2n) is 15.8. The fourth-order valence-corrected chi connectivity index (χ4v) is 7.13. The van der Waals surface area contributed by atoms with Gasteiger partial charge >= 0.3 is 12.4 Å². The van der Waals surface area contributed by atoms with Crippen molar-refractivity contribution in [1.82, 2.24) is 60.1 Å². The maximum absolute atomic E-state index is 13.7. The topological polar surface area (TPSA) is 226 Å². The van der Waals surface area contributed by atoms with Crippen molar-refractivity contribution in [2.75, 3.05) is 11.5 Å². The number of aromatic nitrogens is 10. The number of amides is 2. The number of fused-ring (bicyclic) bond motifs is 1. The number of nitrogens with zero attached hydrogens (tertiary/aromatic N) is 9. The molecule has 0 aromatic carbocycles. The highest BCUT2D eigenvalue weighted by atomic mass is 19.4. The Morgan fingerprint density at radius 1 is 0.662 bits per heavy atom. The molecule has 0 saturated heterocycles. The number of carbonyl (C=O) groups excluding carboxylic acids is 2. The first-order valence-corrected chi connectivity index (χ1v) is 20.6. The van der Waals surface area contributed by atoms with Crippen molar-refractivity contribution in [2.45, 2.75) is 87.6 Å². The summed E-state index contributed by atoms with van der Waals surface area (Å²) in [5.41, 5.74) is 16.3. The maximum Gasteiger partial charge on any atom is 0.395 e. The van der Waals surface area contributed by atoms with E-state index in [4.69, 9.17) is 11.5 Å². The summed E-state index contributed by atoms with van der Waals surface area (Å²) < 4.78 is 84.7. The minimum Gasteiger partial charge on any atom is -0.395 e. The first-order chi connectivity index (χ1) is 31.1. The number of H-pyrrole nitrogens is 1. The molecule has 2 fully saturated rings. The molecular formula is C43H42F6N14O2. The third kappa shape index (κ3) is 10.9. The highest BCUT2D eigenvalue weighted by Crippen LogP contribution is 2.40. The standard InChI is InChI=1S/C22H20F3N7O.C21H22F3N7O/c23-22(24,25)17(4-6-19(33)31-15-2-3-15)13-1-5-18(27-9-13)32-11-14(10-30-32)16-7-8-26-21-20(16)28-12-29-21;22-21(23,24)16(4-6-18(32)30-14-2-3-14)12-1-5-17(28-9-12)31-11-13(10-29-31)15-7-8-27-20(26)19(15)25/h1,5,7-12,15,17H,2-4,6H2,(H,31,33)(H,26,28,29);1,5,7-11,14,16H,2-4,6,25H2,(H2,26,27)(H,30,32). The minimum absolute atomic E-state index is 0.000923. The van der Waals surface area contributed by atoms with Crippen molar-refractivity contribution in [2.24, 2.45) is 0 Å². The molecule has 65 heavy (non-hydrogen) atoms. The molecule has 16 nitrogen and oxygen atoms in total. The summed E-state index contributed by atoms with van der Waals surface area (Å²) in [6.07, 6.45) is 7.24. The van der Waals surface area contributed by atoms with Crippen LogP contribution in [0.4, 0.5) is 37.8 Å². The fraction of sp³-hybridized carbons (Fsp3) is 0.326. The number of hydrogen-bond acceptors (Lipinski definition) is 11. The number of rotatable bonds is 14. The van der Waals surface area contributed by atoms with Crippen LogP contribution in [0.5, 0.6) is 0 Å². The number of nitrogens with two attached hydrogens (primary N) is 2. The predicted molar refractivity (Wildman–Crippen MR) is 226 cm³/mol. The molecule has 2 amide bonds. The van der Waals surface area contributed by atoms with Crippen molar-refractivity contribution in [1.29, 1.82) is 0 Å². The van der Waals surface area contributed by atoms with E-state index in [1.54, 1.807) is 43.4 Å². The number of carbonyl (C=O) groups is 2. The number of pyridine rings is 4. The van der Waals surface area contributed by atoms with Crippen molar-refractivity contribution >= 4 is 34.5 Å². The van der Waals surface area contributed by atoms with E-state index < -0.39 is 24.2 Å². The zero-order valence-electron chi connectivity index (χ0n) is 34.4. The van der Waals surface area contributed by atoms with E-state index in [1.807, 2.05) is 6.07 Å². The van der Waals surface area contributed by atoms with E-state index >= 15 is 0 Å². The molecule has 2 saturated carbocycles. The molecule has 7 aromatic heterocycles. The van der Waals surface area contributed by atoms with E-state index in [-0.39, 0.29) is 66.5 Å². The highest BCUT2D eigenvalue weighted by Gasteiger charge is 2.42. The Kier molecular flexibility index (Phi) is 12.5. The Morgan fingerprint density at radius 3 is 1.63 bits per heavy atom. The van der Waals surface area contributed by atoms with Crippen molar-refractivity contribution in [3.05, 3.63) is 103 Å². The minimum atomic E-state index is -4.49. The van der Waals surface area contributed by atoms with Crippen LogP contribution in [0, 0.1) is 0 Å². The van der Waals surface area contributed by atoms with Crippen LogP contribution >= 0.6 is 0 Å². The Bertz CT molecular complexity index is 2760. The van der Waals surface area contributed by atoms with Gasteiger partial charge in [-0.25, -0.2) is 34.3 Å². The van der Waals surface area contributed by atoms with Crippen LogP contribution < -0.4 is 22.1 Å². The smallest absolute Gasteiger partial charge is 0.395 e. The predicted octanol–water partition coefficient (Wildman–Crippen LogP) is 7.11. The van der Waals surface area contributed by atoms with Gasteiger partial charge in [-0.1, -0.05) is 12.1 Å². The zero-order chi connectivity index (χ0) is 45.9. The number of hydrogen-bond donors (Lipinski definition) is 5. The Balaban J connectivity index is 0.000000177. The van der Waals surface area contributed by atoms with Crippen molar-refractivity contribution < 1.29 is 35.9 Å². The highest BCUT2D eigenvalue weighted by molar-refractivity contribution is 5.89. The molecule has 0 spiro atoms. The summed E-state index contributed by atoms with van der Waals surface area (Å²) in [5, 5.41) is 13.9. The molecule has 2 aliphatic rings. The number of imidazole rings is 1. The number of anilines is 2. The lowest BCUT2D eigenvalue weighted by molar-refractivity contribution is -0.154. The number of aromatic amines is 1. The van der Waals surface area contributed by atoms with Gasteiger partial charge in [0.15, 0.2) is 17.3 Å². The van der Waals surface area contributed by atoms with Crippen LogP contribution in [0.15, 0.2) is 92.3 Å². The van der Waals surface area contributed by atoms with E-state index in [0.717, 1.165) is 42.3 Å². The van der Waals surface area contributed by atoms with Crippen LogP contribution in [0.3, 0.4) is 0 Å². The average molecular weight is 901 g/mol. The van der Waals surface area contributed by atoms with Crippen LogP contribution in [0.2, 0.25) is 0 Å². The van der Waals surface area contributed by atoms with Crippen LogP contribution in [-0.4, -0.2) is 85.7 Å². The molecule has 338 valence electrons. The molecule has 2 aliphatic carbocycles. The van der Waals surface area contributed by atoms with E-state index in [0.29, 0.717) is 34.1 Å². The van der Waals surface area contributed by atoms with Crippen molar-refractivity contribution in [3.63, 3.8) is 0 Å². The second-order valence-corrected chi connectivity index (χ2v) is 15.8. The van der Waals surface area contributed by atoms with Crippen LogP contribution in [0.1, 0.15) is 74.3 Å². The lowest BCUT2D eigenvalue weighted by Crippen LogP contribution is -2.28. The third-order valence-electron chi connectivity index (χ3n) is 10.9. The van der Waals surface area contributed by atoms with Gasteiger partial charge in [0.1, 0.15) is 5.82 Å². The first kappa shape index (κ1) is 44.2.